The van der Waals surface area contributed by atoms with Gasteiger partial charge in [-0.15, -0.1) is 10.2 Å². The highest BCUT2D eigenvalue weighted by molar-refractivity contribution is 5.90. The lowest BCUT2D eigenvalue weighted by Gasteiger charge is -2.20. The lowest BCUT2D eigenvalue weighted by atomic mass is 10.2. The Morgan fingerprint density at radius 3 is 2.42 bits per heavy atom. The van der Waals surface area contributed by atoms with Crippen LogP contribution in [0.3, 0.4) is 0 Å². The van der Waals surface area contributed by atoms with E-state index in [1.54, 1.807) is 25.3 Å². The summed E-state index contributed by atoms with van der Waals surface area (Å²) in [5, 5.41) is 11.0. The second-order valence-corrected chi connectivity index (χ2v) is 6.17. The molecule has 7 nitrogen and oxygen atoms in total. The molecule has 0 saturated carbocycles. The Balaban J connectivity index is 1.52. The van der Waals surface area contributed by atoms with Gasteiger partial charge in [-0.25, -0.2) is 0 Å². The Bertz CT molecular complexity index is 713. The minimum Gasteiger partial charge on any atom is -0.493 e. The zero-order valence-electron chi connectivity index (χ0n) is 15.0. The molecule has 138 valence electrons. The van der Waals surface area contributed by atoms with Crippen molar-refractivity contribution < 1.29 is 14.3 Å². The number of benzene rings is 1. The number of aromatic nitrogens is 2. The lowest BCUT2D eigenvalue weighted by Crippen LogP contribution is -2.25. The van der Waals surface area contributed by atoms with E-state index in [1.165, 1.54) is 25.7 Å². The lowest BCUT2D eigenvalue weighted by molar-refractivity contribution is -0.118. The fraction of sp³-hybridized carbons (Fsp3) is 0.421. The van der Waals surface area contributed by atoms with E-state index in [9.17, 15) is 4.79 Å². The number of nitrogens with one attached hydrogen (secondary N) is 1. The highest BCUT2D eigenvalue weighted by Gasteiger charge is 2.12. The van der Waals surface area contributed by atoms with Crippen molar-refractivity contribution in [2.24, 2.45) is 0 Å². The van der Waals surface area contributed by atoms with E-state index in [0.29, 0.717) is 17.3 Å². The molecule has 1 amide bonds. The Labute approximate surface area is 153 Å². The zero-order chi connectivity index (χ0) is 18.2. The van der Waals surface area contributed by atoms with Crippen molar-refractivity contribution in [3.8, 4) is 11.5 Å². The summed E-state index contributed by atoms with van der Waals surface area (Å²) in [7, 11) is 1.56. The molecular weight excluding hydrogens is 332 g/mol. The van der Waals surface area contributed by atoms with Crippen LogP contribution in [-0.4, -0.2) is 42.9 Å². The molecule has 0 spiro atoms. The number of methoxy groups -OCH3 is 1. The maximum atomic E-state index is 12.1. The summed E-state index contributed by atoms with van der Waals surface area (Å²) in [5.74, 6) is 2.08. The van der Waals surface area contributed by atoms with Gasteiger partial charge in [0.2, 0.25) is 0 Å². The summed E-state index contributed by atoms with van der Waals surface area (Å²) in [6.07, 6.45) is 4.90. The standard InChI is InChI=1S/C19H24N4O3/c1-25-15-8-4-5-9-16(15)26-14-19(24)20-17-10-11-18(22-21-17)23-12-6-2-3-7-13-23/h4-5,8-11H,2-3,6-7,12-14H2,1H3,(H,20,21,24). The molecule has 0 bridgehead atoms. The first kappa shape index (κ1) is 18.0. The summed E-state index contributed by atoms with van der Waals surface area (Å²) in [6, 6.07) is 10.9. The molecule has 2 aromatic rings. The van der Waals surface area contributed by atoms with Crippen LogP contribution in [-0.2, 0) is 4.79 Å². The first-order valence-electron chi connectivity index (χ1n) is 8.90. The summed E-state index contributed by atoms with van der Waals surface area (Å²) in [5.41, 5.74) is 0. The summed E-state index contributed by atoms with van der Waals surface area (Å²) < 4.78 is 10.7. The fourth-order valence-electron chi connectivity index (χ4n) is 2.92. The van der Waals surface area contributed by atoms with Crippen molar-refractivity contribution in [3.05, 3.63) is 36.4 Å². The minimum atomic E-state index is -0.298. The van der Waals surface area contributed by atoms with E-state index < -0.39 is 0 Å². The molecule has 0 atom stereocenters. The monoisotopic (exact) mass is 356 g/mol. The molecule has 1 aliphatic heterocycles. The number of ether oxygens (including phenoxy) is 2. The summed E-state index contributed by atoms with van der Waals surface area (Å²) in [4.78, 5) is 14.3. The smallest absolute Gasteiger partial charge is 0.263 e. The molecule has 1 fully saturated rings. The summed E-state index contributed by atoms with van der Waals surface area (Å²) in [6.45, 7) is 1.89. The van der Waals surface area contributed by atoms with Gasteiger partial charge < -0.3 is 19.7 Å². The van der Waals surface area contributed by atoms with Crippen molar-refractivity contribution in [2.75, 3.05) is 37.0 Å². The molecular formula is C19H24N4O3. The number of para-hydroxylation sites is 2. The second-order valence-electron chi connectivity index (χ2n) is 6.17. The number of carbonyl (C=O) groups excluding carboxylic acids is 1. The van der Waals surface area contributed by atoms with E-state index in [1.807, 2.05) is 18.2 Å². The third-order valence-corrected chi connectivity index (χ3v) is 4.28. The number of hydrogen-bond donors (Lipinski definition) is 1. The van der Waals surface area contributed by atoms with E-state index >= 15 is 0 Å². The van der Waals surface area contributed by atoms with Gasteiger partial charge in [0.1, 0.15) is 0 Å². The molecule has 0 unspecified atom stereocenters. The molecule has 1 N–H and O–H groups in total. The molecule has 2 heterocycles. The van der Waals surface area contributed by atoms with Crippen LogP contribution in [0, 0.1) is 0 Å². The Hall–Kier alpha value is -2.83. The zero-order valence-corrected chi connectivity index (χ0v) is 15.0. The number of nitrogens with zero attached hydrogens (tertiary/aromatic N) is 3. The first-order valence-corrected chi connectivity index (χ1v) is 8.90. The number of rotatable bonds is 6. The van der Waals surface area contributed by atoms with Crippen LogP contribution in [0.1, 0.15) is 25.7 Å². The Morgan fingerprint density at radius 2 is 1.77 bits per heavy atom. The van der Waals surface area contributed by atoms with Crippen LogP contribution in [0.4, 0.5) is 11.6 Å². The summed E-state index contributed by atoms with van der Waals surface area (Å²) >= 11 is 0. The molecule has 1 aromatic carbocycles. The molecule has 3 rings (SSSR count). The van der Waals surface area contributed by atoms with Crippen LogP contribution in [0.25, 0.3) is 0 Å². The van der Waals surface area contributed by atoms with Crippen LogP contribution in [0.15, 0.2) is 36.4 Å². The SMILES string of the molecule is COc1ccccc1OCC(=O)Nc1ccc(N2CCCCCC2)nn1. The van der Waals surface area contributed by atoms with Gasteiger partial charge in [-0.05, 0) is 37.1 Å². The van der Waals surface area contributed by atoms with Crippen LogP contribution < -0.4 is 19.7 Å². The largest absolute Gasteiger partial charge is 0.493 e. The Morgan fingerprint density at radius 1 is 1.04 bits per heavy atom. The highest BCUT2D eigenvalue weighted by Crippen LogP contribution is 2.25. The van der Waals surface area contributed by atoms with Crippen molar-refractivity contribution in [3.63, 3.8) is 0 Å². The van der Waals surface area contributed by atoms with Crippen molar-refractivity contribution in [1.29, 1.82) is 0 Å². The van der Waals surface area contributed by atoms with Gasteiger partial charge in [-0.1, -0.05) is 25.0 Å². The first-order chi connectivity index (χ1) is 12.8. The third-order valence-electron chi connectivity index (χ3n) is 4.28. The van der Waals surface area contributed by atoms with Gasteiger partial charge in [0.25, 0.3) is 5.91 Å². The van der Waals surface area contributed by atoms with Crippen LogP contribution >= 0.6 is 0 Å². The van der Waals surface area contributed by atoms with E-state index in [2.05, 4.69) is 20.4 Å². The van der Waals surface area contributed by atoms with Crippen molar-refractivity contribution in [2.45, 2.75) is 25.7 Å². The van der Waals surface area contributed by atoms with Gasteiger partial charge in [0, 0.05) is 13.1 Å². The average molecular weight is 356 g/mol. The predicted molar refractivity (Wildman–Crippen MR) is 99.8 cm³/mol. The number of carbonyl (C=O) groups is 1. The number of anilines is 2. The molecule has 0 aliphatic carbocycles. The van der Waals surface area contributed by atoms with Gasteiger partial charge in [0.05, 0.1) is 7.11 Å². The molecule has 1 aromatic heterocycles. The van der Waals surface area contributed by atoms with Gasteiger partial charge in [0.15, 0.2) is 29.7 Å². The van der Waals surface area contributed by atoms with Crippen molar-refractivity contribution >= 4 is 17.5 Å². The Kier molecular flexibility index (Phi) is 6.24. The topological polar surface area (TPSA) is 76.6 Å². The van der Waals surface area contributed by atoms with E-state index in [4.69, 9.17) is 9.47 Å². The van der Waals surface area contributed by atoms with E-state index in [-0.39, 0.29) is 12.5 Å². The average Bonchev–Trinajstić information content (AvgIpc) is 2.97. The maximum absolute atomic E-state index is 12.1. The van der Waals surface area contributed by atoms with Crippen LogP contribution in [0.5, 0.6) is 11.5 Å². The highest BCUT2D eigenvalue weighted by atomic mass is 16.5. The quantitative estimate of drug-likeness (QED) is 0.858. The third kappa shape index (κ3) is 4.84. The van der Waals surface area contributed by atoms with Crippen LogP contribution in [0.2, 0.25) is 0 Å². The number of amides is 1. The maximum Gasteiger partial charge on any atom is 0.263 e. The van der Waals surface area contributed by atoms with Gasteiger partial charge >= 0.3 is 0 Å². The van der Waals surface area contributed by atoms with Crippen molar-refractivity contribution in [1.82, 2.24) is 10.2 Å². The molecule has 0 radical (unpaired) electrons. The fourth-order valence-corrected chi connectivity index (χ4v) is 2.92. The molecule has 26 heavy (non-hydrogen) atoms. The second kappa shape index (κ2) is 9.03. The van der Waals surface area contributed by atoms with E-state index in [0.717, 1.165) is 18.9 Å². The normalized spacial score (nSPS) is 14.4. The molecule has 1 aliphatic rings. The minimum absolute atomic E-state index is 0.129. The predicted octanol–water partition coefficient (Wildman–Crippen LogP) is 2.88. The molecule has 1 saturated heterocycles. The number of hydrogen-bond acceptors (Lipinski definition) is 6. The van der Waals surface area contributed by atoms with Gasteiger partial charge in [-0.2, -0.15) is 0 Å². The molecule has 7 heteroatoms. The van der Waals surface area contributed by atoms with Gasteiger partial charge in [-0.3, -0.25) is 4.79 Å².